The number of carbonyl (C=O) groups is 1. The van der Waals surface area contributed by atoms with Gasteiger partial charge in [-0.05, 0) is 36.8 Å². The van der Waals surface area contributed by atoms with Gasteiger partial charge in [0.1, 0.15) is 0 Å². The standard InChI is InChI=1S/C16H24N2O/c1-12(2)14-8-6-7-13(3)16(14)17-11-15(19)18-9-4-5-10-18/h6-8,12,17H,4-5,9-11H2,1-3H3. The molecule has 1 N–H and O–H groups in total. The lowest BCUT2D eigenvalue weighted by Crippen LogP contribution is -2.33. The zero-order valence-electron chi connectivity index (χ0n) is 12.2. The summed E-state index contributed by atoms with van der Waals surface area (Å²) in [5.41, 5.74) is 3.62. The van der Waals surface area contributed by atoms with Crippen molar-refractivity contribution in [2.45, 2.75) is 39.5 Å². The van der Waals surface area contributed by atoms with Gasteiger partial charge in [-0.3, -0.25) is 4.79 Å². The van der Waals surface area contributed by atoms with Crippen LogP contribution in [-0.4, -0.2) is 30.4 Å². The molecule has 2 rings (SSSR count). The van der Waals surface area contributed by atoms with E-state index in [1.807, 2.05) is 4.90 Å². The molecule has 0 radical (unpaired) electrons. The summed E-state index contributed by atoms with van der Waals surface area (Å²) >= 11 is 0. The average molecular weight is 260 g/mol. The molecular weight excluding hydrogens is 236 g/mol. The molecule has 0 bridgehead atoms. The number of hydrogen-bond acceptors (Lipinski definition) is 2. The molecule has 1 aromatic rings. The molecule has 0 aromatic heterocycles. The van der Waals surface area contributed by atoms with Crippen molar-refractivity contribution in [3.8, 4) is 0 Å². The summed E-state index contributed by atoms with van der Waals surface area (Å²) in [4.78, 5) is 14.0. The van der Waals surface area contributed by atoms with E-state index in [-0.39, 0.29) is 5.91 Å². The number of aryl methyl sites for hydroxylation is 1. The molecule has 0 spiro atoms. The van der Waals surface area contributed by atoms with Crippen LogP contribution in [0.4, 0.5) is 5.69 Å². The molecule has 1 amide bonds. The van der Waals surface area contributed by atoms with Gasteiger partial charge in [-0.2, -0.15) is 0 Å². The van der Waals surface area contributed by atoms with Gasteiger partial charge >= 0.3 is 0 Å². The van der Waals surface area contributed by atoms with Crippen LogP contribution in [0.25, 0.3) is 0 Å². The maximum absolute atomic E-state index is 12.1. The van der Waals surface area contributed by atoms with E-state index in [0.717, 1.165) is 31.6 Å². The van der Waals surface area contributed by atoms with Crippen LogP contribution < -0.4 is 5.32 Å². The molecule has 104 valence electrons. The fourth-order valence-electron chi connectivity index (χ4n) is 2.66. The fourth-order valence-corrected chi connectivity index (χ4v) is 2.66. The van der Waals surface area contributed by atoms with Crippen molar-refractivity contribution in [2.24, 2.45) is 0 Å². The summed E-state index contributed by atoms with van der Waals surface area (Å²) in [6.45, 7) is 8.71. The molecule has 0 unspecified atom stereocenters. The molecule has 1 aromatic carbocycles. The normalized spacial score (nSPS) is 15.1. The zero-order chi connectivity index (χ0) is 13.8. The number of hydrogen-bond donors (Lipinski definition) is 1. The SMILES string of the molecule is Cc1cccc(C(C)C)c1NCC(=O)N1CCCC1. The van der Waals surface area contributed by atoms with Crippen LogP contribution in [0.1, 0.15) is 43.7 Å². The lowest BCUT2D eigenvalue weighted by molar-refractivity contribution is -0.128. The summed E-state index contributed by atoms with van der Waals surface area (Å²) in [5.74, 6) is 0.680. The largest absolute Gasteiger partial charge is 0.376 e. The second kappa shape index (κ2) is 6.09. The van der Waals surface area contributed by atoms with Crippen LogP contribution in [0.3, 0.4) is 0 Å². The van der Waals surface area contributed by atoms with E-state index in [1.165, 1.54) is 11.1 Å². The Labute approximate surface area is 116 Å². The minimum Gasteiger partial charge on any atom is -0.376 e. The van der Waals surface area contributed by atoms with Gasteiger partial charge < -0.3 is 10.2 Å². The molecule has 3 heteroatoms. The highest BCUT2D eigenvalue weighted by atomic mass is 16.2. The summed E-state index contributed by atoms with van der Waals surface area (Å²) in [5, 5.41) is 3.35. The molecule has 19 heavy (non-hydrogen) atoms. The Morgan fingerprint density at radius 3 is 2.63 bits per heavy atom. The molecule has 1 aliphatic heterocycles. The summed E-state index contributed by atoms with van der Waals surface area (Å²) in [7, 11) is 0. The first-order valence-electron chi connectivity index (χ1n) is 7.20. The predicted molar refractivity (Wildman–Crippen MR) is 79.6 cm³/mol. The van der Waals surface area contributed by atoms with E-state index in [2.05, 4.69) is 44.3 Å². The minimum absolute atomic E-state index is 0.218. The number of para-hydroxylation sites is 1. The number of likely N-dealkylation sites (tertiary alicyclic amines) is 1. The number of anilines is 1. The number of rotatable bonds is 4. The minimum atomic E-state index is 0.218. The monoisotopic (exact) mass is 260 g/mol. The Bertz CT molecular complexity index is 448. The highest BCUT2D eigenvalue weighted by Crippen LogP contribution is 2.27. The molecular formula is C16H24N2O. The van der Waals surface area contributed by atoms with Crippen molar-refractivity contribution in [2.75, 3.05) is 25.0 Å². The number of carbonyl (C=O) groups excluding carboxylic acids is 1. The molecule has 0 atom stereocenters. The van der Waals surface area contributed by atoms with E-state index < -0.39 is 0 Å². The van der Waals surface area contributed by atoms with E-state index in [9.17, 15) is 4.79 Å². The van der Waals surface area contributed by atoms with Gasteiger partial charge in [0.25, 0.3) is 0 Å². The molecule has 0 aliphatic carbocycles. The maximum atomic E-state index is 12.1. The van der Waals surface area contributed by atoms with Gasteiger partial charge in [0, 0.05) is 18.8 Å². The topological polar surface area (TPSA) is 32.3 Å². The first-order valence-corrected chi connectivity index (χ1v) is 7.20. The summed E-state index contributed by atoms with van der Waals surface area (Å²) in [6, 6.07) is 6.31. The zero-order valence-corrected chi connectivity index (χ0v) is 12.2. The molecule has 3 nitrogen and oxygen atoms in total. The van der Waals surface area contributed by atoms with Gasteiger partial charge in [0.2, 0.25) is 5.91 Å². The van der Waals surface area contributed by atoms with Crippen molar-refractivity contribution < 1.29 is 4.79 Å². The lowest BCUT2D eigenvalue weighted by Gasteiger charge is -2.20. The third-order valence-electron chi connectivity index (χ3n) is 3.80. The highest BCUT2D eigenvalue weighted by Gasteiger charge is 2.18. The van der Waals surface area contributed by atoms with E-state index in [1.54, 1.807) is 0 Å². The number of amides is 1. The fraction of sp³-hybridized carbons (Fsp3) is 0.562. The molecule has 1 saturated heterocycles. The first-order chi connectivity index (χ1) is 9.09. The van der Waals surface area contributed by atoms with Crippen molar-refractivity contribution in [1.29, 1.82) is 0 Å². The molecule has 1 fully saturated rings. The Hall–Kier alpha value is -1.51. The number of benzene rings is 1. The molecule has 1 heterocycles. The third-order valence-corrected chi connectivity index (χ3v) is 3.80. The van der Waals surface area contributed by atoms with Crippen LogP contribution in [0.5, 0.6) is 0 Å². The highest BCUT2D eigenvalue weighted by molar-refractivity contribution is 5.81. The van der Waals surface area contributed by atoms with Crippen LogP contribution in [0.2, 0.25) is 0 Å². The molecule has 0 saturated carbocycles. The summed E-state index contributed by atoms with van der Waals surface area (Å²) < 4.78 is 0. The Kier molecular flexibility index (Phi) is 4.46. The van der Waals surface area contributed by atoms with Gasteiger partial charge in [-0.25, -0.2) is 0 Å². The average Bonchev–Trinajstić information content (AvgIpc) is 2.90. The van der Waals surface area contributed by atoms with Crippen LogP contribution in [-0.2, 0) is 4.79 Å². The summed E-state index contributed by atoms with van der Waals surface area (Å²) in [6.07, 6.45) is 2.29. The van der Waals surface area contributed by atoms with Crippen LogP contribution >= 0.6 is 0 Å². The van der Waals surface area contributed by atoms with Crippen LogP contribution in [0.15, 0.2) is 18.2 Å². The van der Waals surface area contributed by atoms with Gasteiger partial charge in [0.15, 0.2) is 0 Å². The van der Waals surface area contributed by atoms with Gasteiger partial charge in [-0.15, -0.1) is 0 Å². The van der Waals surface area contributed by atoms with Crippen molar-refractivity contribution in [3.05, 3.63) is 29.3 Å². The second-order valence-corrected chi connectivity index (χ2v) is 5.64. The second-order valence-electron chi connectivity index (χ2n) is 5.64. The third kappa shape index (κ3) is 3.28. The number of nitrogens with one attached hydrogen (secondary N) is 1. The van der Waals surface area contributed by atoms with E-state index in [4.69, 9.17) is 0 Å². The van der Waals surface area contributed by atoms with E-state index >= 15 is 0 Å². The predicted octanol–water partition coefficient (Wildman–Crippen LogP) is 3.15. The smallest absolute Gasteiger partial charge is 0.241 e. The van der Waals surface area contributed by atoms with Crippen LogP contribution in [0, 0.1) is 6.92 Å². The quantitative estimate of drug-likeness (QED) is 0.902. The number of nitrogens with zero attached hydrogens (tertiary/aromatic N) is 1. The Morgan fingerprint density at radius 2 is 2.00 bits per heavy atom. The lowest BCUT2D eigenvalue weighted by atomic mass is 9.98. The van der Waals surface area contributed by atoms with E-state index in [0.29, 0.717) is 12.5 Å². The van der Waals surface area contributed by atoms with Crippen molar-refractivity contribution >= 4 is 11.6 Å². The Balaban J connectivity index is 2.04. The van der Waals surface area contributed by atoms with Crippen molar-refractivity contribution in [1.82, 2.24) is 4.90 Å². The van der Waals surface area contributed by atoms with Gasteiger partial charge in [-0.1, -0.05) is 32.0 Å². The maximum Gasteiger partial charge on any atom is 0.241 e. The first kappa shape index (κ1) is 13.9. The Morgan fingerprint density at radius 1 is 1.32 bits per heavy atom. The van der Waals surface area contributed by atoms with Gasteiger partial charge in [0.05, 0.1) is 6.54 Å². The molecule has 1 aliphatic rings. The van der Waals surface area contributed by atoms with Crippen molar-refractivity contribution in [3.63, 3.8) is 0 Å².